The molecule has 0 radical (unpaired) electrons. The van der Waals surface area contributed by atoms with Crippen molar-refractivity contribution in [3.63, 3.8) is 0 Å². The number of nitrogens with one attached hydrogen (secondary N) is 1. The summed E-state index contributed by atoms with van der Waals surface area (Å²) in [6, 6.07) is 7.68. The van der Waals surface area contributed by atoms with E-state index in [1.165, 1.54) is 0 Å². The van der Waals surface area contributed by atoms with Gasteiger partial charge in [0.2, 0.25) is 5.91 Å². The summed E-state index contributed by atoms with van der Waals surface area (Å²) in [7, 11) is 0. The summed E-state index contributed by atoms with van der Waals surface area (Å²) in [6.07, 6.45) is 1.03. The van der Waals surface area contributed by atoms with Gasteiger partial charge in [-0.1, -0.05) is 19.1 Å². The average Bonchev–Trinajstić information content (AvgIpc) is 2.96. The Hall–Kier alpha value is -1.51. The molecule has 3 N–H and O–H groups in total. The minimum absolute atomic E-state index is 0.0564. The Balaban J connectivity index is 1.94. The second-order valence-electron chi connectivity index (χ2n) is 4.72. The van der Waals surface area contributed by atoms with Crippen molar-refractivity contribution in [1.82, 2.24) is 5.32 Å². The molecule has 1 aliphatic carbocycles. The second-order valence-corrected chi connectivity index (χ2v) is 4.72. The molecule has 3 unspecified atom stereocenters. The van der Waals surface area contributed by atoms with Crippen LogP contribution >= 0.6 is 0 Å². The van der Waals surface area contributed by atoms with E-state index in [2.05, 4.69) is 12.2 Å². The van der Waals surface area contributed by atoms with Crippen molar-refractivity contribution in [2.75, 3.05) is 5.73 Å². The smallest absolute Gasteiger partial charge is 0.223 e. The summed E-state index contributed by atoms with van der Waals surface area (Å²) in [4.78, 5) is 11.7. The van der Waals surface area contributed by atoms with Crippen molar-refractivity contribution in [2.45, 2.75) is 26.3 Å². The predicted molar refractivity (Wildman–Crippen MR) is 64.7 cm³/mol. The van der Waals surface area contributed by atoms with Crippen LogP contribution in [0.5, 0.6) is 0 Å². The molecule has 1 saturated carbocycles. The number of carbonyl (C=O) groups excluding carboxylic acids is 1. The van der Waals surface area contributed by atoms with E-state index >= 15 is 0 Å². The molecule has 2 rings (SSSR count). The number of rotatable bonds is 3. The van der Waals surface area contributed by atoms with E-state index in [0.29, 0.717) is 5.92 Å². The van der Waals surface area contributed by atoms with Gasteiger partial charge in [-0.05, 0) is 37.0 Å². The Morgan fingerprint density at radius 2 is 2.00 bits per heavy atom. The number of nitrogen functional groups attached to an aromatic ring is 1. The number of hydrogen-bond acceptors (Lipinski definition) is 2. The lowest BCUT2D eigenvalue weighted by atomic mass is 10.1. The Morgan fingerprint density at radius 1 is 1.44 bits per heavy atom. The van der Waals surface area contributed by atoms with E-state index < -0.39 is 0 Å². The molecule has 0 spiro atoms. The maximum atomic E-state index is 11.7. The third-order valence-corrected chi connectivity index (χ3v) is 3.24. The van der Waals surface area contributed by atoms with Crippen LogP contribution in [0.1, 0.15) is 31.9 Å². The third kappa shape index (κ3) is 2.35. The van der Waals surface area contributed by atoms with Crippen LogP contribution in [0.25, 0.3) is 0 Å². The number of hydrogen-bond donors (Lipinski definition) is 2. The fourth-order valence-electron chi connectivity index (χ4n) is 1.88. The van der Waals surface area contributed by atoms with Gasteiger partial charge in [0.05, 0.1) is 6.04 Å². The molecule has 1 aromatic carbocycles. The van der Waals surface area contributed by atoms with E-state index in [1.54, 1.807) is 0 Å². The van der Waals surface area contributed by atoms with Crippen molar-refractivity contribution in [3.8, 4) is 0 Å². The zero-order valence-corrected chi connectivity index (χ0v) is 9.73. The SMILES string of the molecule is CC(NC(=O)C1CC1C)c1ccc(N)cc1. The largest absolute Gasteiger partial charge is 0.399 e. The fourth-order valence-corrected chi connectivity index (χ4v) is 1.88. The predicted octanol–water partition coefficient (Wildman–Crippen LogP) is 2.10. The third-order valence-electron chi connectivity index (χ3n) is 3.24. The van der Waals surface area contributed by atoms with Crippen LogP contribution in [-0.2, 0) is 4.79 Å². The maximum absolute atomic E-state index is 11.7. The van der Waals surface area contributed by atoms with E-state index in [1.807, 2.05) is 31.2 Å². The number of anilines is 1. The molecule has 86 valence electrons. The van der Waals surface area contributed by atoms with Gasteiger partial charge < -0.3 is 11.1 Å². The lowest BCUT2D eigenvalue weighted by Crippen LogP contribution is -2.28. The zero-order valence-electron chi connectivity index (χ0n) is 9.73. The van der Waals surface area contributed by atoms with Gasteiger partial charge in [0, 0.05) is 11.6 Å². The highest BCUT2D eigenvalue weighted by Crippen LogP contribution is 2.38. The van der Waals surface area contributed by atoms with E-state index in [-0.39, 0.29) is 17.9 Å². The Labute approximate surface area is 96.0 Å². The molecule has 3 nitrogen and oxygen atoms in total. The first-order valence-corrected chi connectivity index (χ1v) is 5.73. The summed E-state index contributed by atoms with van der Waals surface area (Å²) >= 11 is 0. The van der Waals surface area contributed by atoms with Crippen LogP contribution in [0.4, 0.5) is 5.69 Å². The summed E-state index contributed by atoms with van der Waals surface area (Å²) < 4.78 is 0. The van der Waals surface area contributed by atoms with Gasteiger partial charge in [-0.15, -0.1) is 0 Å². The molecule has 0 saturated heterocycles. The number of amides is 1. The summed E-state index contributed by atoms with van der Waals surface area (Å²) in [5.74, 6) is 0.965. The lowest BCUT2D eigenvalue weighted by molar-refractivity contribution is -0.123. The zero-order chi connectivity index (χ0) is 11.7. The molecule has 16 heavy (non-hydrogen) atoms. The Bertz CT molecular complexity index is 385. The highest BCUT2D eigenvalue weighted by molar-refractivity contribution is 5.81. The average molecular weight is 218 g/mol. The normalized spacial score (nSPS) is 24.9. The standard InChI is InChI=1S/C13H18N2O/c1-8-7-12(8)13(16)15-9(2)10-3-5-11(14)6-4-10/h3-6,8-9,12H,7,14H2,1-2H3,(H,15,16). The van der Waals surface area contributed by atoms with Gasteiger partial charge in [-0.3, -0.25) is 4.79 Å². The molecule has 0 aliphatic heterocycles. The van der Waals surface area contributed by atoms with Gasteiger partial charge in [0.15, 0.2) is 0 Å². The van der Waals surface area contributed by atoms with Gasteiger partial charge in [0.1, 0.15) is 0 Å². The Morgan fingerprint density at radius 3 is 2.50 bits per heavy atom. The molecule has 0 heterocycles. The molecule has 1 aromatic rings. The van der Waals surface area contributed by atoms with E-state index in [0.717, 1.165) is 17.7 Å². The first-order chi connectivity index (χ1) is 7.58. The van der Waals surface area contributed by atoms with Crippen LogP contribution in [0, 0.1) is 11.8 Å². The molecular weight excluding hydrogens is 200 g/mol. The van der Waals surface area contributed by atoms with E-state index in [9.17, 15) is 4.79 Å². The van der Waals surface area contributed by atoms with Crippen molar-refractivity contribution >= 4 is 11.6 Å². The van der Waals surface area contributed by atoms with Crippen molar-refractivity contribution in [3.05, 3.63) is 29.8 Å². The van der Waals surface area contributed by atoms with Crippen LogP contribution in [0.15, 0.2) is 24.3 Å². The van der Waals surface area contributed by atoms with Crippen molar-refractivity contribution in [2.24, 2.45) is 11.8 Å². The Kier molecular flexibility index (Phi) is 2.86. The lowest BCUT2D eigenvalue weighted by Gasteiger charge is -2.14. The number of benzene rings is 1. The first-order valence-electron chi connectivity index (χ1n) is 5.73. The molecule has 0 aromatic heterocycles. The van der Waals surface area contributed by atoms with Crippen LogP contribution < -0.4 is 11.1 Å². The molecule has 1 fully saturated rings. The molecule has 0 bridgehead atoms. The summed E-state index contributed by atoms with van der Waals surface area (Å²) in [5, 5.41) is 3.03. The van der Waals surface area contributed by atoms with Gasteiger partial charge in [-0.25, -0.2) is 0 Å². The highest BCUT2D eigenvalue weighted by atomic mass is 16.2. The van der Waals surface area contributed by atoms with Crippen LogP contribution in [0.3, 0.4) is 0 Å². The van der Waals surface area contributed by atoms with Gasteiger partial charge in [0.25, 0.3) is 0 Å². The van der Waals surface area contributed by atoms with Crippen molar-refractivity contribution < 1.29 is 4.79 Å². The molecule has 1 aliphatic rings. The fraction of sp³-hybridized carbons (Fsp3) is 0.462. The monoisotopic (exact) mass is 218 g/mol. The van der Waals surface area contributed by atoms with Crippen LogP contribution in [-0.4, -0.2) is 5.91 Å². The molecule has 3 atom stereocenters. The summed E-state index contributed by atoms with van der Waals surface area (Å²) in [6.45, 7) is 4.11. The minimum Gasteiger partial charge on any atom is -0.399 e. The van der Waals surface area contributed by atoms with Gasteiger partial charge >= 0.3 is 0 Å². The molecule has 3 heteroatoms. The van der Waals surface area contributed by atoms with E-state index in [4.69, 9.17) is 5.73 Å². The first kappa shape index (κ1) is 11.0. The summed E-state index contributed by atoms with van der Waals surface area (Å²) in [5.41, 5.74) is 7.46. The molecule has 1 amide bonds. The topological polar surface area (TPSA) is 55.1 Å². The quantitative estimate of drug-likeness (QED) is 0.763. The number of carbonyl (C=O) groups is 1. The number of nitrogens with two attached hydrogens (primary N) is 1. The van der Waals surface area contributed by atoms with Crippen LogP contribution in [0.2, 0.25) is 0 Å². The van der Waals surface area contributed by atoms with Gasteiger partial charge in [-0.2, -0.15) is 0 Å². The molecular formula is C13H18N2O. The highest BCUT2D eigenvalue weighted by Gasteiger charge is 2.39. The maximum Gasteiger partial charge on any atom is 0.223 e. The minimum atomic E-state index is 0.0564. The van der Waals surface area contributed by atoms with Crippen molar-refractivity contribution in [1.29, 1.82) is 0 Å². The second kappa shape index (κ2) is 4.16.